The predicted molar refractivity (Wildman–Crippen MR) is 94.5 cm³/mol. The maximum atomic E-state index is 13.5. The van der Waals surface area contributed by atoms with Crippen molar-refractivity contribution in [2.75, 3.05) is 12.4 Å². The maximum Gasteiger partial charge on any atom is 0.433 e. The van der Waals surface area contributed by atoms with E-state index in [1.165, 1.54) is 17.9 Å². The van der Waals surface area contributed by atoms with Crippen LogP contribution >= 0.6 is 0 Å². The van der Waals surface area contributed by atoms with Crippen LogP contribution in [0.3, 0.4) is 0 Å². The average Bonchev–Trinajstić information content (AvgIpc) is 3.32. The van der Waals surface area contributed by atoms with E-state index in [-0.39, 0.29) is 34.2 Å². The van der Waals surface area contributed by atoms with Crippen molar-refractivity contribution in [2.24, 2.45) is 7.05 Å². The minimum Gasteiger partial charge on any atom is -0.354 e. The van der Waals surface area contributed by atoms with Gasteiger partial charge in [-0.05, 0) is 18.9 Å². The predicted octanol–water partition coefficient (Wildman–Crippen LogP) is 1.97. The van der Waals surface area contributed by atoms with Gasteiger partial charge in [0.15, 0.2) is 11.3 Å². The average molecular weight is 407 g/mol. The number of rotatable bonds is 4. The Kier molecular flexibility index (Phi) is 4.28. The molecule has 1 aliphatic carbocycles. The minimum absolute atomic E-state index is 0.0255. The van der Waals surface area contributed by atoms with E-state index in [2.05, 4.69) is 25.8 Å². The molecule has 0 bridgehead atoms. The largest absolute Gasteiger partial charge is 0.433 e. The zero-order chi connectivity index (χ0) is 20.9. The normalized spacial score (nSPS) is 14.2. The smallest absolute Gasteiger partial charge is 0.354 e. The molecular formula is C17H16F3N7O2. The Morgan fingerprint density at radius 2 is 1.97 bits per heavy atom. The molecule has 0 unspecified atom stereocenters. The van der Waals surface area contributed by atoms with Crippen LogP contribution in [0.4, 0.5) is 18.9 Å². The Labute approximate surface area is 161 Å². The van der Waals surface area contributed by atoms with Gasteiger partial charge in [-0.1, -0.05) is 0 Å². The van der Waals surface area contributed by atoms with Crippen molar-refractivity contribution in [1.29, 1.82) is 0 Å². The van der Waals surface area contributed by atoms with Crippen molar-refractivity contribution in [1.82, 2.24) is 29.7 Å². The third-order valence-corrected chi connectivity index (χ3v) is 4.54. The lowest BCUT2D eigenvalue weighted by atomic mass is 10.2. The Hall–Kier alpha value is -3.44. The fraction of sp³-hybridized carbons (Fsp3) is 0.353. The molecule has 12 heteroatoms. The van der Waals surface area contributed by atoms with Gasteiger partial charge >= 0.3 is 6.18 Å². The fourth-order valence-electron chi connectivity index (χ4n) is 2.99. The molecule has 3 aromatic heterocycles. The van der Waals surface area contributed by atoms with Crippen LogP contribution in [0.2, 0.25) is 0 Å². The molecular weight excluding hydrogens is 391 g/mol. The first-order valence-corrected chi connectivity index (χ1v) is 8.72. The van der Waals surface area contributed by atoms with Crippen LogP contribution in [0.1, 0.15) is 51.0 Å². The molecule has 3 aromatic rings. The molecule has 0 aliphatic heterocycles. The van der Waals surface area contributed by atoms with Crippen LogP contribution in [0.15, 0.2) is 18.5 Å². The summed E-state index contributed by atoms with van der Waals surface area (Å²) in [5.74, 6) is -1.31. The summed E-state index contributed by atoms with van der Waals surface area (Å²) in [6.45, 7) is 0. The Morgan fingerprint density at radius 3 is 2.59 bits per heavy atom. The van der Waals surface area contributed by atoms with Gasteiger partial charge in [-0.15, -0.1) is 0 Å². The van der Waals surface area contributed by atoms with Gasteiger partial charge in [-0.2, -0.15) is 23.4 Å². The number of hydrogen-bond acceptors (Lipinski definition) is 5. The quantitative estimate of drug-likeness (QED) is 0.688. The molecule has 1 saturated carbocycles. The van der Waals surface area contributed by atoms with E-state index in [1.807, 2.05) is 0 Å². The van der Waals surface area contributed by atoms with Gasteiger partial charge in [-0.25, -0.2) is 9.50 Å². The Morgan fingerprint density at radius 1 is 1.24 bits per heavy atom. The van der Waals surface area contributed by atoms with Crippen LogP contribution in [0.25, 0.3) is 5.65 Å². The highest BCUT2D eigenvalue weighted by molar-refractivity contribution is 6.10. The summed E-state index contributed by atoms with van der Waals surface area (Å²) in [4.78, 5) is 28.9. The van der Waals surface area contributed by atoms with E-state index in [1.54, 1.807) is 7.05 Å². The van der Waals surface area contributed by atoms with Gasteiger partial charge in [0.25, 0.3) is 11.8 Å². The number of aryl methyl sites for hydroxylation is 1. The van der Waals surface area contributed by atoms with Crippen molar-refractivity contribution in [3.05, 3.63) is 41.1 Å². The second-order valence-electron chi connectivity index (χ2n) is 6.73. The minimum atomic E-state index is -4.65. The van der Waals surface area contributed by atoms with E-state index >= 15 is 0 Å². The van der Waals surface area contributed by atoms with Crippen molar-refractivity contribution in [3.8, 4) is 0 Å². The van der Waals surface area contributed by atoms with E-state index in [0.29, 0.717) is 4.52 Å². The number of nitrogens with one attached hydrogen (secondary N) is 2. The molecule has 1 fully saturated rings. The summed E-state index contributed by atoms with van der Waals surface area (Å²) < 4.78 is 42.4. The van der Waals surface area contributed by atoms with Gasteiger partial charge in [0, 0.05) is 31.9 Å². The summed E-state index contributed by atoms with van der Waals surface area (Å²) in [6, 6.07) is 0.976. The lowest BCUT2D eigenvalue weighted by molar-refractivity contribution is -0.142. The summed E-state index contributed by atoms with van der Waals surface area (Å²) in [5.41, 5.74) is -0.940. The number of nitrogens with zero attached hydrogens (tertiary/aromatic N) is 5. The number of amides is 2. The summed E-state index contributed by atoms with van der Waals surface area (Å²) in [7, 11) is 2.98. The number of fused-ring (bicyclic) bond motifs is 1. The molecule has 4 rings (SSSR count). The number of carbonyl (C=O) groups excluding carboxylic acids is 2. The highest BCUT2D eigenvalue weighted by atomic mass is 19.4. The monoisotopic (exact) mass is 407 g/mol. The van der Waals surface area contributed by atoms with Crippen LogP contribution in [0.5, 0.6) is 0 Å². The SMILES string of the molecule is CNC(=O)c1nn(C)cc1NC(=O)c1cnn2c(C(F)(F)F)cc(C3CC3)nc12. The second-order valence-corrected chi connectivity index (χ2v) is 6.73. The number of alkyl halides is 3. The van der Waals surface area contributed by atoms with Crippen LogP contribution < -0.4 is 10.6 Å². The van der Waals surface area contributed by atoms with E-state index < -0.39 is 23.7 Å². The highest BCUT2D eigenvalue weighted by Gasteiger charge is 2.38. The van der Waals surface area contributed by atoms with E-state index in [0.717, 1.165) is 25.1 Å². The highest BCUT2D eigenvalue weighted by Crippen LogP contribution is 2.41. The van der Waals surface area contributed by atoms with Gasteiger partial charge in [-0.3, -0.25) is 14.3 Å². The molecule has 0 radical (unpaired) electrons. The Bertz CT molecular complexity index is 1130. The molecule has 2 N–H and O–H groups in total. The number of halogens is 3. The first kappa shape index (κ1) is 18.9. The maximum absolute atomic E-state index is 13.5. The second kappa shape index (κ2) is 6.57. The van der Waals surface area contributed by atoms with Crippen molar-refractivity contribution < 1.29 is 22.8 Å². The van der Waals surface area contributed by atoms with Gasteiger partial charge in [0.05, 0.1) is 11.9 Å². The first-order valence-electron chi connectivity index (χ1n) is 8.72. The molecule has 0 atom stereocenters. The van der Waals surface area contributed by atoms with Gasteiger partial charge in [0.2, 0.25) is 0 Å². The topological polar surface area (TPSA) is 106 Å². The Balaban J connectivity index is 1.76. The third-order valence-electron chi connectivity index (χ3n) is 4.54. The summed E-state index contributed by atoms with van der Waals surface area (Å²) >= 11 is 0. The first-order chi connectivity index (χ1) is 13.7. The molecule has 0 spiro atoms. The van der Waals surface area contributed by atoms with Crippen molar-refractivity contribution in [3.63, 3.8) is 0 Å². The third kappa shape index (κ3) is 3.41. The molecule has 2 amide bonds. The van der Waals surface area contributed by atoms with Gasteiger partial charge < -0.3 is 10.6 Å². The molecule has 3 heterocycles. The molecule has 152 valence electrons. The number of aromatic nitrogens is 5. The van der Waals surface area contributed by atoms with E-state index in [9.17, 15) is 22.8 Å². The van der Waals surface area contributed by atoms with E-state index in [4.69, 9.17) is 0 Å². The number of anilines is 1. The van der Waals surface area contributed by atoms with Crippen molar-refractivity contribution in [2.45, 2.75) is 24.9 Å². The van der Waals surface area contributed by atoms with Crippen LogP contribution in [0, 0.1) is 0 Å². The molecule has 0 aromatic carbocycles. The lowest BCUT2D eigenvalue weighted by Gasteiger charge is -2.11. The summed E-state index contributed by atoms with van der Waals surface area (Å²) in [6.07, 6.45) is -0.707. The standard InChI is InChI=1S/C17H16F3N7O2/c1-21-16(29)13-11(7-26(2)25-13)24-15(28)9-6-22-27-12(17(18,19)20)5-10(8-3-4-8)23-14(9)27/h5-8H,3-4H2,1-2H3,(H,21,29)(H,24,28). The lowest BCUT2D eigenvalue weighted by Crippen LogP contribution is -2.21. The zero-order valence-electron chi connectivity index (χ0n) is 15.4. The molecule has 1 aliphatic rings. The number of carbonyl (C=O) groups is 2. The van der Waals surface area contributed by atoms with Crippen LogP contribution in [-0.4, -0.2) is 43.2 Å². The molecule has 29 heavy (non-hydrogen) atoms. The van der Waals surface area contributed by atoms with Gasteiger partial charge in [0.1, 0.15) is 11.3 Å². The zero-order valence-corrected chi connectivity index (χ0v) is 15.4. The fourth-order valence-corrected chi connectivity index (χ4v) is 2.99. The van der Waals surface area contributed by atoms with Crippen LogP contribution in [-0.2, 0) is 13.2 Å². The number of hydrogen-bond donors (Lipinski definition) is 2. The molecule has 0 saturated heterocycles. The molecule has 9 nitrogen and oxygen atoms in total. The van der Waals surface area contributed by atoms with Crippen molar-refractivity contribution >= 4 is 23.1 Å². The summed E-state index contributed by atoms with van der Waals surface area (Å²) in [5, 5.41) is 12.6.